The molecule has 0 saturated heterocycles. The number of nitrogens with zero attached hydrogens (tertiary/aromatic N) is 1. The van der Waals surface area contributed by atoms with E-state index in [0.717, 1.165) is 31.2 Å². The second kappa shape index (κ2) is 8.12. The molecule has 0 spiro atoms. The van der Waals surface area contributed by atoms with Gasteiger partial charge in [-0.1, -0.05) is 43.7 Å². The molecule has 28 heavy (non-hydrogen) atoms. The van der Waals surface area contributed by atoms with Crippen molar-refractivity contribution in [2.75, 3.05) is 5.88 Å². The van der Waals surface area contributed by atoms with E-state index in [0.29, 0.717) is 18.4 Å². The maximum absolute atomic E-state index is 13.2. The fraction of sp³-hybridized carbons (Fsp3) is 0.478. The molecule has 0 radical (unpaired) electrons. The van der Waals surface area contributed by atoms with Crippen LogP contribution >= 0.6 is 11.6 Å². The molecular formula is C23H27ClN2O2. The SMILES string of the molecule is CCCCn1c2c(cc(C(=O)N[C@H](CCl)c3ccccc3)c1=O)[C@@H]1CC[C@H]2C1. The molecule has 3 atom stereocenters. The Hall–Kier alpha value is -2.07. The summed E-state index contributed by atoms with van der Waals surface area (Å²) in [5, 5.41) is 2.97. The lowest BCUT2D eigenvalue weighted by atomic mass is 9.94. The highest BCUT2D eigenvalue weighted by atomic mass is 35.5. The van der Waals surface area contributed by atoms with Crippen LogP contribution in [0.5, 0.6) is 0 Å². The number of amides is 1. The van der Waals surface area contributed by atoms with Gasteiger partial charge in [0.05, 0.1) is 6.04 Å². The van der Waals surface area contributed by atoms with Gasteiger partial charge in [0.15, 0.2) is 0 Å². The van der Waals surface area contributed by atoms with Crippen LogP contribution in [0.25, 0.3) is 0 Å². The number of carbonyl (C=O) groups excluding carboxylic acids is 1. The summed E-state index contributed by atoms with van der Waals surface area (Å²) in [6.07, 6.45) is 5.42. The molecule has 1 amide bonds. The van der Waals surface area contributed by atoms with Crippen LogP contribution in [0.1, 0.15) is 84.1 Å². The van der Waals surface area contributed by atoms with Gasteiger partial charge in [-0.15, -0.1) is 11.6 Å². The highest BCUT2D eigenvalue weighted by Gasteiger charge is 2.40. The topological polar surface area (TPSA) is 51.1 Å². The fourth-order valence-corrected chi connectivity index (χ4v) is 5.09. The molecule has 1 heterocycles. The van der Waals surface area contributed by atoms with E-state index in [4.69, 9.17) is 11.6 Å². The summed E-state index contributed by atoms with van der Waals surface area (Å²) in [4.78, 5) is 26.3. The van der Waals surface area contributed by atoms with E-state index < -0.39 is 0 Å². The summed E-state index contributed by atoms with van der Waals surface area (Å²) >= 11 is 6.12. The number of rotatable bonds is 7. The summed E-state index contributed by atoms with van der Waals surface area (Å²) in [6, 6.07) is 11.2. The van der Waals surface area contributed by atoms with Crippen molar-refractivity contribution in [3.8, 4) is 0 Å². The molecule has 2 aliphatic rings. The van der Waals surface area contributed by atoms with E-state index in [-0.39, 0.29) is 29.0 Å². The summed E-state index contributed by atoms with van der Waals surface area (Å²) < 4.78 is 1.90. The lowest BCUT2D eigenvalue weighted by Crippen LogP contribution is -2.37. The number of aromatic nitrogens is 1. The Morgan fingerprint density at radius 3 is 2.71 bits per heavy atom. The fourth-order valence-electron chi connectivity index (χ4n) is 4.83. The maximum atomic E-state index is 13.2. The third-order valence-corrected chi connectivity index (χ3v) is 6.57. The molecule has 4 nitrogen and oxygen atoms in total. The largest absolute Gasteiger partial charge is 0.344 e. The summed E-state index contributed by atoms with van der Waals surface area (Å²) in [6.45, 7) is 2.82. The quantitative estimate of drug-likeness (QED) is 0.686. The van der Waals surface area contributed by atoms with Crippen LogP contribution in [0, 0.1) is 0 Å². The molecule has 1 aromatic heterocycles. The van der Waals surface area contributed by atoms with Gasteiger partial charge in [-0.25, -0.2) is 0 Å². The van der Waals surface area contributed by atoms with Crippen LogP contribution in [0.3, 0.4) is 0 Å². The van der Waals surface area contributed by atoms with Gasteiger partial charge in [0, 0.05) is 24.0 Å². The van der Waals surface area contributed by atoms with Crippen LogP contribution in [-0.4, -0.2) is 16.4 Å². The molecule has 5 heteroatoms. The van der Waals surface area contributed by atoms with Crippen molar-refractivity contribution >= 4 is 17.5 Å². The Labute approximate surface area is 170 Å². The van der Waals surface area contributed by atoms with Crippen LogP contribution in [-0.2, 0) is 6.54 Å². The molecule has 1 saturated carbocycles. The molecule has 148 valence electrons. The Balaban J connectivity index is 1.68. The standard InChI is InChI=1S/C23H27ClN2O2/c1-2-3-11-26-21-17-10-9-16(12-17)18(21)13-19(23(26)28)22(27)25-20(14-24)15-7-5-4-6-8-15/h4-8,13,16-17,20H,2-3,9-12,14H2,1H3,(H,25,27)/t16-,17+,20-/m1/s1. The van der Waals surface area contributed by atoms with Crippen LogP contribution in [0.2, 0.25) is 0 Å². The van der Waals surface area contributed by atoms with Crippen molar-refractivity contribution in [1.82, 2.24) is 9.88 Å². The molecule has 1 fully saturated rings. The van der Waals surface area contributed by atoms with Gasteiger partial charge in [-0.2, -0.15) is 0 Å². The number of carbonyl (C=O) groups is 1. The van der Waals surface area contributed by atoms with E-state index in [1.807, 2.05) is 41.0 Å². The molecular weight excluding hydrogens is 372 g/mol. The van der Waals surface area contributed by atoms with Gasteiger partial charge in [0.25, 0.3) is 11.5 Å². The average Bonchev–Trinajstić information content (AvgIpc) is 3.33. The van der Waals surface area contributed by atoms with Crippen molar-refractivity contribution in [2.24, 2.45) is 0 Å². The summed E-state index contributed by atoms with van der Waals surface area (Å²) in [5.74, 6) is 0.921. The summed E-state index contributed by atoms with van der Waals surface area (Å²) in [5.41, 5.74) is 3.46. The second-order valence-corrected chi connectivity index (χ2v) is 8.32. The van der Waals surface area contributed by atoms with E-state index in [1.54, 1.807) is 0 Å². The first-order valence-electron chi connectivity index (χ1n) is 10.3. The van der Waals surface area contributed by atoms with Crippen molar-refractivity contribution in [3.05, 3.63) is 69.1 Å². The predicted octanol–water partition coefficient (Wildman–Crippen LogP) is 4.72. The van der Waals surface area contributed by atoms with Crippen molar-refractivity contribution in [2.45, 2.75) is 63.5 Å². The highest BCUT2D eigenvalue weighted by Crippen LogP contribution is 2.52. The molecule has 4 rings (SSSR count). The smallest absolute Gasteiger partial charge is 0.263 e. The number of fused-ring (bicyclic) bond motifs is 5. The number of nitrogens with one attached hydrogen (secondary N) is 1. The molecule has 0 aliphatic heterocycles. The van der Waals surface area contributed by atoms with Gasteiger partial charge in [0.1, 0.15) is 5.56 Å². The molecule has 2 bridgehead atoms. The molecule has 2 aliphatic carbocycles. The van der Waals surface area contributed by atoms with Crippen LogP contribution in [0.4, 0.5) is 0 Å². The van der Waals surface area contributed by atoms with Gasteiger partial charge in [-0.05, 0) is 48.8 Å². The molecule has 1 aromatic carbocycles. The van der Waals surface area contributed by atoms with E-state index in [9.17, 15) is 9.59 Å². The van der Waals surface area contributed by atoms with Crippen molar-refractivity contribution in [3.63, 3.8) is 0 Å². The minimum absolute atomic E-state index is 0.154. The average molecular weight is 399 g/mol. The van der Waals surface area contributed by atoms with Crippen LogP contribution < -0.4 is 10.9 Å². The third kappa shape index (κ3) is 3.39. The normalized spacial score (nSPS) is 20.8. The van der Waals surface area contributed by atoms with E-state index in [2.05, 4.69) is 12.2 Å². The lowest BCUT2D eigenvalue weighted by molar-refractivity contribution is 0.0938. The first-order chi connectivity index (χ1) is 13.6. The molecule has 1 N–H and O–H groups in total. The number of pyridine rings is 1. The first-order valence-corrected chi connectivity index (χ1v) is 10.9. The van der Waals surface area contributed by atoms with E-state index in [1.165, 1.54) is 17.7 Å². The van der Waals surface area contributed by atoms with Gasteiger partial charge in [0.2, 0.25) is 0 Å². The van der Waals surface area contributed by atoms with Gasteiger partial charge >= 0.3 is 0 Å². The number of alkyl halides is 1. The maximum Gasteiger partial charge on any atom is 0.263 e. The highest BCUT2D eigenvalue weighted by molar-refractivity contribution is 6.18. The number of benzene rings is 1. The second-order valence-electron chi connectivity index (χ2n) is 8.01. The number of unbranched alkanes of at least 4 members (excludes halogenated alkanes) is 1. The zero-order chi connectivity index (χ0) is 19.7. The van der Waals surface area contributed by atoms with E-state index >= 15 is 0 Å². The zero-order valence-electron chi connectivity index (χ0n) is 16.3. The number of hydrogen-bond acceptors (Lipinski definition) is 2. The third-order valence-electron chi connectivity index (χ3n) is 6.26. The monoisotopic (exact) mass is 398 g/mol. The predicted molar refractivity (Wildman–Crippen MR) is 112 cm³/mol. The number of hydrogen-bond donors (Lipinski definition) is 1. The summed E-state index contributed by atoms with van der Waals surface area (Å²) in [7, 11) is 0. The minimum Gasteiger partial charge on any atom is -0.344 e. The van der Waals surface area contributed by atoms with Crippen molar-refractivity contribution < 1.29 is 4.79 Å². The van der Waals surface area contributed by atoms with Crippen molar-refractivity contribution in [1.29, 1.82) is 0 Å². The van der Waals surface area contributed by atoms with Crippen LogP contribution in [0.15, 0.2) is 41.2 Å². The first kappa shape index (κ1) is 19.3. The Morgan fingerprint density at radius 2 is 2.00 bits per heavy atom. The number of halogens is 1. The molecule has 0 unspecified atom stereocenters. The Kier molecular flexibility index (Phi) is 5.58. The Bertz CT molecular complexity index is 922. The Morgan fingerprint density at radius 1 is 1.25 bits per heavy atom. The minimum atomic E-state index is -0.324. The van der Waals surface area contributed by atoms with Gasteiger partial charge < -0.3 is 9.88 Å². The zero-order valence-corrected chi connectivity index (χ0v) is 17.0. The van der Waals surface area contributed by atoms with Gasteiger partial charge in [-0.3, -0.25) is 9.59 Å². The lowest BCUT2D eigenvalue weighted by Gasteiger charge is -2.23. The molecule has 2 aromatic rings.